The molecule has 1 saturated heterocycles. The van der Waals surface area contributed by atoms with E-state index in [4.69, 9.17) is 0 Å². The van der Waals surface area contributed by atoms with Crippen LogP contribution in [0.1, 0.15) is 36.0 Å². The molecule has 1 atom stereocenters. The van der Waals surface area contributed by atoms with Gasteiger partial charge in [-0.15, -0.1) is 0 Å². The highest BCUT2D eigenvalue weighted by atomic mass is 16.2. The first-order valence-corrected chi connectivity index (χ1v) is 11.0. The Hall–Kier alpha value is -3.15. The molecular weight excluding hydrogens is 390 g/mol. The van der Waals surface area contributed by atoms with Gasteiger partial charge in [-0.25, -0.2) is 0 Å². The highest BCUT2D eigenvalue weighted by Gasteiger charge is 2.38. The number of hydrogen-bond donors (Lipinski definition) is 1. The predicted octanol–water partition coefficient (Wildman–Crippen LogP) is 3.59. The van der Waals surface area contributed by atoms with Crippen LogP contribution >= 0.6 is 0 Å². The average Bonchev–Trinajstić information content (AvgIpc) is 3.41. The van der Waals surface area contributed by atoms with Crippen LogP contribution in [-0.4, -0.2) is 30.8 Å². The third kappa shape index (κ3) is 3.60. The monoisotopic (exact) mass is 417 g/mol. The van der Waals surface area contributed by atoms with Gasteiger partial charge >= 0.3 is 0 Å². The molecule has 2 aromatic rings. The summed E-state index contributed by atoms with van der Waals surface area (Å²) in [6.07, 6.45) is 3.01. The van der Waals surface area contributed by atoms with E-state index in [0.29, 0.717) is 13.1 Å². The van der Waals surface area contributed by atoms with Crippen molar-refractivity contribution in [3.8, 4) is 0 Å². The SMILES string of the molecule is Cc1cccc(NC(=O)C2CC(=O)N(c3ccc4c(c3)CCN4C(=O)C3CC3)C2)c1C. The van der Waals surface area contributed by atoms with Crippen LogP contribution in [0, 0.1) is 25.7 Å². The van der Waals surface area contributed by atoms with Crippen molar-refractivity contribution in [2.75, 3.05) is 28.2 Å². The molecule has 3 aliphatic rings. The van der Waals surface area contributed by atoms with E-state index in [2.05, 4.69) is 5.32 Å². The van der Waals surface area contributed by atoms with Crippen molar-refractivity contribution >= 4 is 34.8 Å². The second kappa shape index (κ2) is 7.52. The maximum Gasteiger partial charge on any atom is 0.230 e. The van der Waals surface area contributed by atoms with Crippen LogP contribution < -0.4 is 15.1 Å². The summed E-state index contributed by atoms with van der Waals surface area (Å²) >= 11 is 0. The number of nitrogens with zero attached hydrogens (tertiary/aromatic N) is 2. The molecule has 5 rings (SSSR count). The smallest absolute Gasteiger partial charge is 0.230 e. The molecule has 2 fully saturated rings. The number of fused-ring (bicyclic) bond motifs is 1. The van der Waals surface area contributed by atoms with E-state index in [1.807, 2.05) is 55.1 Å². The highest BCUT2D eigenvalue weighted by molar-refractivity contribution is 6.04. The largest absolute Gasteiger partial charge is 0.326 e. The van der Waals surface area contributed by atoms with Crippen LogP contribution in [0.2, 0.25) is 0 Å². The molecule has 0 radical (unpaired) electrons. The molecule has 2 aliphatic heterocycles. The van der Waals surface area contributed by atoms with Crippen molar-refractivity contribution in [2.24, 2.45) is 11.8 Å². The Morgan fingerprint density at radius 3 is 2.65 bits per heavy atom. The van der Waals surface area contributed by atoms with Gasteiger partial charge in [0.05, 0.1) is 5.92 Å². The summed E-state index contributed by atoms with van der Waals surface area (Å²) in [5, 5.41) is 3.00. The van der Waals surface area contributed by atoms with Crippen LogP contribution in [0.3, 0.4) is 0 Å². The first kappa shape index (κ1) is 19.8. The molecule has 6 heteroatoms. The fraction of sp³-hybridized carbons (Fsp3) is 0.400. The van der Waals surface area contributed by atoms with Gasteiger partial charge in [-0.1, -0.05) is 12.1 Å². The molecule has 2 heterocycles. The molecule has 31 heavy (non-hydrogen) atoms. The van der Waals surface area contributed by atoms with Crippen molar-refractivity contribution in [1.82, 2.24) is 0 Å². The van der Waals surface area contributed by atoms with Gasteiger partial charge in [-0.2, -0.15) is 0 Å². The van der Waals surface area contributed by atoms with Gasteiger partial charge in [0.15, 0.2) is 0 Å². The zero-order chi connectivity index (χ0) is 21.7. The molecule has 3 amide bonds. The fourth-order valence-corrected chi connectivity index (χ4v) is 4.59. The molecule has 1 saturated carbocycles. The van der Waals surface area contributed by atoms with E-state index < -0.39 is 0 Å². The lowest BCUT2D eigenvalue weighted by Gasteiger charge is -2.20. The van der Waals surface area contributed by atoms with E-state index in [1.54, 1.807) is 4.90 Å². The second-order valence-corrected chi connectivity index (χ2v) is 8.97. The lowest BCUT2D eigenvalue weighted by Crippen LogP contribution is -2.30. The van der Waals surface area contributed by atoms with Crippen molar-refractivity contribution in [3.63, 3.8) is 0 Å². The Bertz CT molecular complexity index is 1090. The van der Waals surface area contributed by atoms with Gasteiger partial charge in [0.25, 0.3) is 0 Å². The number of amides is 3. The van der Waals surface area contributed by atoms with Gasteiger partial charge in [-0.05, 0) is 74.1 Å². The van der Waals surface area contributed by atoms with Crippen LogP contribution in [0.4, 0.5) is 17.1 Å². The molecule has 0 bridgehead atoms. The first-order valence-electron chi connectivity index (χ1n) is 11.0. The standard InChI is InChI=1S/C25H27N3O3/c1-15-4-3-5-21(16(15)2)26-24(30)19-13-23(29)28(14-19)20-8-9-22-18(12-20)10-11-27(22)25(31)17-6-7-17/h3-5,8-9,12,17,19H,6-7,10-11,13-14H2,1-2H3,(H,26,30). The third-order valence-corrected chi connectivity index (χ3v) is 6.82. The van der Waals surface area contributed by atoms with E-state index in [0.717, 1.165) is 53.0 Å². The summed E-state index contributed by atoms with van der Waals surface area (Å²) in [4.78, 5) is 41.6. The van der Waals surface area contributed by atoms with Gasteiger partial charge < -0.3 is 15.1 Å². The van der Waals surface area contributed by atoms with Gasteiger partial charge in [0.1, 0.15) is 0 Å². The molecule has 1 N–H and O–H groups in total. The summed E-state index contributed by atoms with van der Waals surface area (Å²) in [5.74, 6) is -0.112. The molecule has 0 aromatic heterocycles. The van der Waals surface area contributed by atoms with Gasteiger partial charge in [-0.3, -0.25) is 14.4 Å². The molecule has 1 unspecified atom stereocenters. The number of carbonyl (C=O) groups excluding carboxylic acids is 3. The summed E-state index contributed by atoms with van der Waals surface area (Å²) in [7, 11) is 0. The van der Waals surface area contributed by atoms with Gasteiger partial charge in [0.2, 0.25) is 17.7 Å². The van der Waals surface area contributed by atoms with Gasteiger partial charge in [0, 0.05) is 42.5 Å². The minimum absolute atomic E-state index is 0.0371. The highest BCUT2D eigenvalue weighted by Crippen LogP contribution is 2.38. The van der Waals surface area contributed by atoms with E-state index in [9.17, 15) is 14.4 Å². The van der Waals surface area contributed by atoms with E-state index in [1.165, 1.54) is 0 Å². The molecular formula is C25H27N3O3. The minimum atomic E-state index is -0.381. The van der Waals surface area contributed by atoms with Crippen molar-refractivity contribution < 1.29 is 14.4 Å². The number of hydrogen-bond acceptors (Lipinski definition) is 3. The second-order valence-electron chi connectivity index (χ2n) is 8.97. The van der Waals surface area contributed by atoms with E-state index >= 15 is 0 Å². The fourth-order valence-electron chi connectivity index (χ4n) is 4.59. The third-order valence-electron chi connectivity index (χ3n) is 6.82. The molecule has 160 valence electrons. The molecule has 6 nitrogen and oxygen atoms in total. The lowest BCUT2D eigenvalue weighted by atomic mass is 10.1. The summed E-state index contributed by atoms with van der Waals surface area (Å²) in [6.45, 7) is 5.08. The minimum Gasteiger partial charge on any atom is -0.326 e. The van der Waals surface area contributed by atoms with Crippen molar-refractivity contribution in [2.45, 2.75) is 39.5 Å². The summed E-state index contributed by atoms with van der Waals surface area (Å²) < 4.78 is 0. The quantitative estimate of drug-likeness (QED) is 0.827. The maximum absolute atomic E-state index is 12.8. The Kier molecular flexibility index (Phi) is 4.80. The van der Waals surface area contributed by atoms with Crippen LogP contribution in [0.25, 0.3) is 0 Å². The van der Waals surface area contributed by atoms with E-state index in [-0.39, 0.29) is 36.0 Å². The topological polar surface area (TPSA) is 69.7 Å². The summed E-state index contributed by atoms with van der Waals surface area (Å²) in [5.41, 5.74) is 5.84. The van der Waals surface area contributed by atoms with Crippen LogP contribution in [-0.2, 0) is 20.8 Å². The Morgan fingerprint density at radius 1 is 1.06 bits per heavy atom. The number of carbonyl (C=O) groups is 3. The Labute approximate surface area is 182 Å². The number of aryl methyl sites for hydroxylation is 1. The average molecular weight is 418 g/mol. The first-order chi connectivity index (χ1) is 14.9. The van der Waals surface area contributed by atoms with Crippen LogP contribution in [0.15, 0.2) is 36.4 Å². The number of anilines is 3. The normalized spacial score (nSPS) is 20.2. The molecule has 0 spiro atoms. The lowest BCUT2D eigenvalue weighted by molar-refractivity contribution is -0.122. The maximum atomic E-state index is 12.8. The number of rotatable bonds is 4. The van der Waals surface area contributed by atoms with Crippen LogP contribution in [0.5, 0.6) is 0 Å². The zero-order valence-electron chi connectivity index (χ0n) is 18.0. The zero-order valence-corrected chi connectivity index (χ0v) is 18.0. The van der Waals surface area contributed by atoms with Crippen molar-refractivity contribution in [3.05, 3.63) is 53.1 Å². The molecule has 2 aromatic carbocycles. The predicted molar refractivity (Wildman–Crippen MR) is 120 cm³/mol. The summed E-state index contributed by atoms with van der Waals surface area (Å²) in [6, 6.07) is 11.7. The number of nitrogens with one attached hydrogen (secondary N) is 1. The molecule has 1 aliphatic carbocycles. The van der Waals surface area contributed by atoms with Crippen molar-refractivity contribution in [1.29, 1.82) is 0 Å². The Morgan fingerprint density at radius 2 is 1.87 bits per heavy atom. The Balaban J connectivity index is 1.30. The number of benzene rings is 2.